The predicted octanol–water partition coefficient (Wildman–Crippen LogP) is 1.19. The van der Waals surface area contributed by atoms with E-state index in [4.69, 9.17) is 5.73 Å². The van der Waals surface area contributed by atoms with Crippen LogP contribution in [-0.2, 0) is 0 Å². The van der Waals surface area contributed by atoms with Gasteiger partial charge >= 0.3 is 0 Å². The number of hydrogen-bond donors (Lipinski definition) is 1. The number of nitrogens with two attached hydrogens (primary N) is 1. The molecule has 0 unspecified atom stereocenters. The van der Waals surface area contributed by atoms with Crippen LogP contribution in [0.2, 0.25) is 0 Å². The molecule has 0 radical (unpaired) electrons. The van der Waals surface area contributed by atoms with Crippen LogP contribution in [0.25, 0.3) is 0 Å². The number of pyridine rings is 1. The van der Waals surface area contributed by atoms with Crippen molar-refractivity contribution in [3.8, 4) is 0 Å². The average Bonchev–Trinajstić information content (AvgIpc) is 1.96. The molecule has 0 aliphatic rings. The van der Waals surface area contributed by atoms with Crippen LogP contribution in [0.15, 0.2) is 6.07 Å². The fourth-order valence-corrected chi connectivity index (χ4v) is 0.914. The minimum Gasteiger partial charge on any atom is -0.397 e. The van der Waals surface area contributed by atoms with Crippen molar-refractivity contribution in [1.82, 2.24) is 4.98 Å². The van der Waals surface area contributed by atoms with E-state index >= 15 is 0 Å². The third-order valence-electron chi connectivity index (χ3n) is 1.61. The largest absolute Gasteiger partial charge is 0.397 e. The summed E-state index contributed by atoms with van der Waals surface area (Å²) in [5.74, 6) is 0. The van der Waals surface area contributed by atoms with Crippen molar-refractivity contribution in [1.29, 1.82) is 0 Å². The number of nitrogen functional groups attached to an aromatic ring is 1. The summed E-state index contributed by atoms with van der Waals surface area (Å²) in [5, 5.41) is 10.4. The summed E-state index contributed by atoms with van der Waals surface area (Å²) >= 11 is 0. The van der Waals surface area contributed by atoms with Gasteiger partial charge in [0, 0.05) is 6.07 Å². The molecule has 0 saturated carbocycles. The Morgan fingerprint density at radius 2 is 2.08 bits per heavy atom. The lowest BCUT2D eigenvalue weighted by molar-refractivity contribution is -0.385. The van der Waals surface area contributed by atoms with E-state index in [-0.39, 0.29) is 5.69 Å². The summed E-state index contributed by atoms with van der Waals surface area (Å²) in [5.41, 5.74) is 6.80. The van der Waals surface area contributed by atoms with E-state index in [1.807, 2.05) is 0 Å². The number of aromatic nitrogens is 1. The van der Waals surface area contributed by atoms with Crippen molar-refractivity contribution in [2.75, 3.05) is 5.73 Å². The lowest BCUT2D eigenvalue weighted by atomic mass is 10.2. The average molecular weight is 167 g/mol. The lowest BCUT2D eigenvalue weighted by Crippen LogP contribution is -2.00. The Balaban J connectivity index is 3.33. The number of nitro groups is 1. The molecule has 0 fully saturated rings. The van der Waals surface area contributed by atoms with Gasteiger partial charge in [0.2, 0.25) is 0 Å². The maximum atomic E-state index is 10.4. The minimum atomic E-state index is -0.488. The topological polar surface area (TPSA) is 82.0 Å². The standard InChI is InChI=1S/C7H9N3O2/c1-4-6(8)3-7(10(11)12)5(2)9-4/h3H,8H2,1-2H3. The second kappa shape index (κ2) is 2.77. The van der Waals surface area contributed by atoms with Crippen molar-refractivity contribution in [3.05, 3.63) is 27.6 Å². The van der Waals surface area contributed by atoms with Crippen LogP contribution in [0.1, 0.15) is 11.4 Å². The molecule has 1 rings (SSSR count). The SMILES string of the molecule is Cc1nc(C)c([N+](=O)[O-])cc1N. The van der Waals surface area contributed by atoms with Crippen LogP contribution in [0, 0.1) is 24.0 Å². The van der Waals surface area contributed by atoms with Crippen LogP contribution in [-0.4, -0.2) is 9.91 Å². The molecule has 1 heterocycles. The molecule has 0 atom stereocenters. The monoisotopic (exact) mass is 167 g/mol. The predicted molar refractivity (Wildman–Crippen MR) is 44.8 cm³/mol. The first kappa shape index (κ1) is 8.45. The summed E-state index contributed by atoms with van der Waals surface area (Å²) in [7, 11) is 0. The van der Waals surface area contributed by atoms with Crippen molar-refractivity contribution in [2.24, 2.45) is 0 Å². The summed E-state index contributed by atoms with van der Waals surface area (Å²) in [6.07, 6.45) is 0. The first-order chi connectivity index (χ1) is 5.52. The molecule has 5 heteroatoms. The Labute approximate surface area is 69.4 Å². The third-order valence-corrected chi connectivity index (χ3v) is 1.61. The van der Waals surface area contributed by atoms with E-state index in [2.05, 4.69) is 4.98 Å². The van der Waals surface area contributed by atoms with Gasteiger partial charge in [-0.2, -0.15) is 0 Å². The first-order valence-electron chi connectivity index (χ1n) is 3.40. The quantitative estimate of drug-likeness (QED) is 0.503. The zero-order valence-corrected chi connectivity index (χ0v) is 6.87. The summed E-state index contributed by atoms with van der Waals surface area (Å²) in [6.45, 7) is 3.30. The Kier molecular flexibility index (Phi) is 1.95. The zero-order chi connectivity index (χ0) is 9.30. The van der Waals surface area contributed by atoms with Crippen LogP contribution < -0.4 is 5.73 Å². The highest BCUT2D eigenvalue weighted by atomic mass is 16.6. The third kappa shape index (κ3) is 1.34. The van der Waals surface area contributed by atoms with Gasteiger partial charge in [0.1, 0.15) is 5.69 Å². The Hall–Kier alpha value is -1.65. The second-order valence-electron chi connectivity index (χ2n) is 2.52. The number of aryl methyl sites for hydroxylation is 2. The van der Waals surface area contributed by atoms with E-state index in [9.17, 15) is 10.1 Å². The lowest BCUT2D eigenvalue weighted by Gasteiger charge is -2.00. The molecule has 0 aliphatic carbocycles. The van der Waals surface area contributed by atoms with E-state index in [1.54, 1.807) is 13.8 Å². The van der Waals surface area contributed by atoms with Gasteiger partial charge in [0.25, 0.3) is 5.69 Å². The smallest absolute Gasteiger partial charge is 0.292 e. The maximum Gasteiger partial charge on any atom is 0.292 e. The second-order valence-corrected chi connectivity index (χ2v) is 2.52. The number of nitrogens with zero attached hydrogens (tertiary/aromatic N) is 2. The highest BCUT2D eigenvalue weighted by Crippen LogP contribution is 2.20. The van der Waals surface area contributed by atoms with E-state index in [0.717, 1.165) is 0 Å². The Morgan fingerprint density at radius 1 is 1.50 bits per heavy atom. The van der Waals surface area contributed by atoms with Crippen LogP contribution in [0.3, 0.4) is 0 Å². The van der Waals surface area contributed by atoms with Gasteiger partial charge in [-0.15, -0.1) is 0 Å². The van der Waals surface area contributed by atoms with E-state index in [0.29, 0.717) is 17.1 Å². The van der Waals surface area contributed by atoms with Crippen molar-refractivity contribution in [2.45, 2.75) is 13.8 Å². The molecule has 0 aromatic carbocycles. The molecular weight excluding hydrogens is 158 g/mol. The first-order valence-corrected chi connectivity index (χ1v) is 3.40. The van der Waals surface area contributed by atoms with Gasteiger partial charge in [0.05, 0.1) is 16.3 Å². The molecule has 1 aromatic heterocycles. The molecule has 0 amide bonds. The molecular formula is C7H9N3O2. The summed E-state index contributed by atoms with van der Waals surface area (Å²) in [6, 6.07) is 1.33. The molecule has 1 aromatic rings. The van der Waals surface area contributed by atoms with Gasteiger partial charge in [-0.1, -0.05) is 0 Å². The highest BCUT2D eigenvalue weighted by Gasteiger charge is 2.12. The van der Waals surface area contributed by atoms with Crippen molar-refractivity contribution < 1.29 is 4.92 Å². The minimum absolute atomic E-state index is 0.0295. The number of rotatable bonds is 1. The molecule has 0 saturated heterocycles. The Bertz CT molecular complexity index is 336. The fourth-order valence-electron chi connectivity index (χ4n) is 0.914. The molecule has 0 spiro atoms. The molecule has 64 valence electrons. The number of hydrogen-bond acceptors (Lipinski definition) is 4. The van der Waals surface area contributed by atoms with E-state index < -0.39 is 4.92 Å². The van der Waals surface area contributed by atoms with Gasteiger partial charge in [-0.05, 0) is 13.8 Å². The van der Waals surface area contributed by atoms with Crippen molar-refractivity contribution >= 4 is 11.4 Å². The van der Waals surface area contributed by atoms with Gasteiger partial charge in [-0.25, -0.2) is 4.98 Å². The summed E-state index contributed by atoms with van der Waals surface area (Å²) < 4.78 is 0. The van der Waals surface area contributed by atoms with Crippen LogP contribution >= 0.6 is 0 Å². The summed E-state index contributed by atoms with van der Waals surface area (Å²) in [4.78, 5) is 13.8. The number of anilines is 1. The van der Waals surface area contributed by atoms with Gasteiger partial charge < -0.3 is 5.73 Å². The van der Waals surface area contributed by atoms with Crippen LogP contribution in [0.5, 0.6) is 0 Å². The highest BCUT2D eigenvalue weighted by molar-refractivity contribution is 5.52. The molecule has 2 N–H and O–H groups in total. The van der Waals surface area contributed by atoms with Gasteiger partial charge in [-0.3, -0.25) is 10.1 Å². The van der Waals surface area contributed by atoms with Crippen LogP contribution in [0.4, 0.5) is 11.4 Å². The Morgan fingerprint density at radius 3 is 2.58 bits per heavy atom. The van der Waals surface area contributed by atoms with Crippen molar-refractivity contribution in [3.63, 3.8) is 0 Å². The maximum absolute atomic E-state index is 10.4. The van der Waals surface area contributed by atoms with E-state index in [1.165, 1.54) is 6.07 Å². The fraction of sp³-hybridized carbons (Fsp3) is 0.286. The van der Waals surface area contributed by atoms with Gasteiger partial charge in [0.15, 0.2) is 0 Å². The zero-order valence-electron chi connectivity index (χ0n) is 6.87. The molecule has 0 bridgehead atoms. The molecule has 5 nitrogen and oxygen atoms in total. The molecule has 0 aliphatic heterocycles. The molecule has 12 heavy (non-hydrogen) atoms. The normalized spacial score (nSPS) is 9.83.